The Morgan fingerprint density at radius 2 is 1.18 bits per heavy atom. The number of ether oxygens (including phenoxy) is 4. The number of hydrogen-bond acceptors (Lipinski definition) is 12. The molecule has 0 aromatic carbocycles. The molecule has 0 saturated carbocycles. The monoisotopic (exact) mass is 582 g/mol. The van der Waals surface area contributed by atoms with Crippen LogP contribution in [-0.2, 0) is 38.1 Å². The Morgan fingerprint density at radius 3 is 1.62 bits per heavy atom. The van der Waals surface area contributed by atoms with Crippen molar-refractivity contribution < 1.29 is 68.8 Å². The summed E-state index contributed by atoms with van der Waals surface area (Å²) in [7, 11) is 0. The molecule has 2 heterocycles. The topological polar surface area (TPSA) is 251 Å². The van der Waals surface area contributed by atoms with E-state index < -0.39 is 87.1 Å². The summed E-state index contributed by atoms with van der Waals surface area (Å²) in [6.07, 6.45) is -6.68. The number of hydrogen-bond donors (Lipinski definition) is 8. The van der Waals surface area contributed by atoms with Gasteiger partial charge in [0.25, 0.3) is 0 Å². The average Bonchev–Trinajstić information content (AvgIpc) is 2.92. The Kier molecular flexibility index (Phi) is 15.5. The number of amides is 2. The van der Waals surface area contributed by atoms with Crippen molar-refractivity contribution >= 4 is 23.8 Å². The van der Waals surface area contributed by atoms with E-state index in [2.05, 4.69) is 26.1 Å². The molecule has 0 aromatic rings. The van der Waals surface area contributed by atoms with Crippen LogP contribution in [0, 0.1) is 17.8 Å². The molecule has 16 nitrogen and oxygen atoms in total. The molecule has 10 unspecified atom stereocenters. The minimum absolute atomic E-state index is 0.133. The van der Waals surface area contributed by atoms with Crippen LogP contribution in [0.25, 0.3) is 0 Å². The molecule has 2 saturated heterocycles. The molecule has 2 aliphatic rings. The van der Waals surface area contributed by atoms with Gasteiger partial charge in [0.15, 0.2) is 12.6 Å². The van der Waals surface area contributed by atoms with Crippen LogP contribution >= 0.6 is 0 Å². The highest BCUT2D eigenvalue weighted by Crippen LogP contribution is 2.36. The van der Waals surface area contributed by atoms with Crippen LogP contribution in [-0.4, -0.2) is 130 Å². The summed E-state index contributed by atoms with van der Waals surface area (Å²) in [6, 6.07) is 0. The molecule has 0 spiro atoms. The van der Waals surface area contributed by atoms with Crippen LogP contribution < -0.4 is 10.6 Å². The minimum atomic E-state index is -1.61. The van der Waals surface area contributed by atoms with Crippen LogP contribution in [0.1, 0.15) is 34.1 Å². The predicted molar refractivity (Wildman–Crippen MR) is 133 cm³/mol. The number of aliphatic hydroxyl groups is 4. The first kappa shape index (κ1) is 35.6. The zero-order chi connectivity index (χ0) is 30.6. The van der Waals surface area contributed by atoms with Gasteiger partial charge in [0.1, 0.15) is 50.7 Å². The molecule has 0 aromatic heterocycles. The fraction of sp³-hybridized carbons (Fsp3) is 0.833. The molecule has 0 aliphatic carbocycles. The standard InChI is InChI=1S/C14H25NO5.C10H17NO9/c1-5-11-9(3)8(2)10(4)14(20-11)19-7-12(16)15-6-13(17)18;12-2-4-7(16)8(17)9(18)10(20-4)19-3-5(13)11-1-6(14)15/h8-11,14H,5-7H2,1-4H3,(H,15,16)(H,17,18);4,7-10,12,16-18H,1-3H2,(H,11,13)(H,14,15). The maximum atomic E-state index is 11.4. The number of carbonyl (C=O) groups is 4. The number of carboxylic acids is 2. The normalized spacial score (nSPS) is 33.7. The maximum Gasteiger partial charge on any atom is 0.322 e. The van der Waals surface area contributed by atoms with E-state index in [9.17, 15) is 34.5 Å². The smallest absolute Gasteiger partial charge is 0.322 e. The highest BCUT2D eigenvalue weighted by atomic mass is 16.7. The lowest BCUT2D eigenvalue weighted by Gasteiger charge is -2.43. The lowest BCUT2D eigenvalue weighted by molar-refractivity contribution is -0.299. The molecule has 16 heteroatoms. The van der Waals surface area contributed by atoms with E-state index in [0.29, 0.717) is 11.8 Å². The summed E-state index contributed by atoms with van der Waals surface area (Å²) in [5.74, 6) is -2.41. The maximum absolute atomic E-state index is 11.4. The fourth-order valence-electron chi connectivity index (χ4n) is 4.12. The third-order valence-corrected chi connectivity index (χ3v) is 6.87. The second-order valence-corrected chi connectivity index (χ2v) is 9.69. The van der Waals surface area contributed by atoms with E-state index in [1.807, 2.05) is 12.2 Å². The van der Waals surface area contributed by atoms with Gasteiger partial charge in [-0.2, -0.15) is 0 Å². The molecule has 10 atom stereocenters. The van der Waals surface area contributed by atoms with Crippen LogP contribution in [0.4, 0.5) is 0 Å². The summed E-state index contributed by atoms with van der Waals surface area (Å²) in [5, 5.41) is 58.6. The Labute approximate surface area is 231 Å². The highest BCUT2D eigenvalue weighted by Gasteiger charge is 2.44. The molecule has 0 bridgehead atoms. The van der Waals surface area contributed by atoms with E-state index in [1.54, 1.807) is 0 Å². The van der Waals surface area contributed by atoms with E-state index >= 15 is 0 Å². The third-order valence-electron chi connectivity index (χ3n) is 6.87. The summed E-state index contributed by atoms with van der Waals surface area (Å²) < 4.78 is 21.3. The number of carboxylic acid groups (broad SMARTS) is 2. The van der Waals surface area contributed by atoms with Crippen molar-refractivity contribution in [1.29, 1.82) is 0 Å². The Bertz CT molecular complexity index is 759. The summed E-state index contributed by atoms with van der Waals surface area (Å²) in [4.78, 5) is 43.2. The molecule has 0 radical (unpaired) electrons. The summed E-state index contributed by atoms with van der Waals surface area (Å²) in [6.45, 7) is 6.07. The quantitative estimate of drug-likeness (QED) is 0.116. The first-order valence-electron chi connectivity index (χ1n) is 12.9. The third kappa shape index (κ3) is 11.2. The number of rotatable bonds is 12. The molecule has 8 N–H and O–H groups in total. The Hall–Kier alpha value is -2.44. The number of nitrogens with one attached hydrogen (secondary N) is 2. The zero-order valence-electron chi connectivity index (χ0n) is 23.0. The number of aliphatic hydroxyl groups excluding tert-OH is 4. The Balaban J connectivity index is 0.000000400. The molecule has 2 amide bonds. The molecule has 40 heavy (non-hydrogen) atoms. The van der Waals surface area contributed by atoms with Gasteiger partial charge >= 0.3 is 11.9 Å². The lowest BCUT2D eigenvalue weighted by Crippen LogP contribution is -2.59. The molecule has 2 rings (SSSR count). The zero-order valence-corrected chi connectivity index (χ0v) is 23.0. The summed E-state index contributed by atoms with van der Waals surface area (Å²) >= 11 is 0. The predicted octanol–water partition coefficient (Wildman–Crippen LogP) is -2.75. The van der Waals surface area contributed by atoms with Gasteiger partial charge in [0.05, 0.1) is 12.7 Å². The van der Waals surface area contributed by atoms with Gasteiger partial charge in [0, 0.05) is 5.92 Å². The van der Waals surface area contributed by atoms with Crippen molar-refractivity contribution in [2.24, 2.45) is 17.8 Å². The fourth-order valence-corrected chi connectivity index (χ4v) is 4.12. The molecular weight excluding hydrogens is 540 g/mol. The van der Waals surface area contributed by atoms with Crippen molar-refractivity contribution in [3.8, 4) is 0 Å². The van der Waals surface area contributed by atoms with Crippen LogP contribution in [0.5, 0.6) is 0 Å². The van der Waals surface area contributed by atoms with Gasteiger partial charge in [-0.25, -0.2) is 0 Å². The van der Waals surface area contributed by atoms with E-state index in [-0.39, 0.29) is 18.6 Å². The van der Waals surface area contributed by atoms with Gasteiger partial charge in [-0.1, -0.05) is 27.7 Å². The van der Waals surface area contributed by atoms with Gasteiger partial charge in [-0.15, -0.1) is 0 Å². The van der Waals surface area contributed by atoms with Crippen molar-refractivity contribution in [3.63, 3.8) is 0 Å². The van der Waals surface area contributed by atoms with E-state index in [1.165, 1.54) is 0 Å². The number of aliphatic carboxylic acids is 2. The first-order chi connectivity index (χ1) is 18.7. The SMILES string of the molecule is CCC1OC(OCC(=O)NCC(=O)O)C(C)C(C)C1C.O=C(O)CNC(=O)COC1OC(CO)C(O)C(O)C1O. The molecule has 2 fully saturated rings. The van der Waals surface area contributed by atoms with Crippen molar-refractivity contribution in [2.75, 3.05) is 32.9 Å². The Morgan fingerprint density at radius 1 is 0.700 bits per heavy atom. The van der Waals surface area contributed by atoms with Crippen LogP contribution in [0.3, 0.4) is 0 Å². The largest absolute Gasteiger partial charge is 0.480 e. The molecule has 232 valence electrons. The highest BCUT2D eigenvalue weighted by molar-refractivity contribution is 5.82. The van der Waals surface area contributed by atoms with Gasteiger partial charge in [-0.3, -0.25) is 19.2 Å². The number of carbonyl (C=O) groups excluding carboxylic acids is 2. The second kappa shape index (κ2) is 17.4. The lowest BCUT2D eigenvalue weighted by atomic mass is 9.78. The first-order valence-corrected chi connectivity index (χ1v) is 12.9. The summed E-state index contributed by atoms with van der Waals surface area (Å²) in [5.41, 5.74) is 0. The van der Waals surface area contributed by atoms with Gasteiger partial charge in [0.2, 0.25) is 11.8 Å². The van der Waals surface area contributed by atoms with Crippen molar-refractivity contribution in [3.05, 3.63) is 0 Å². The minimum Gasteiger partial charge on any atom is -0.480 e. The molecular formula is C24H42N2O14. The van der Waals surface area contributed by atoms with Crippen LogP contribution in [0.15, 0.2) is 0 Å². The van der Waals surface area contributed by atoms with Crippen LogP contribution in [0.2, 0.25) is 0 Å². The average molecular weight is 583 g/mol. The molecule has 2 aliphatic heterocycles. The van der Waals surface area contributed by atoms with E-state index in [4.69, 9.17) is 34.3 Å². The van der Waals surface area contributed by atoms with E-state index in [0.717, 1.165) is 6.42 Å². The van der Waals surface area contributed by atoms with Crippen molar-refractivity contribution in [1.82, 2.24) is 10.6 Å². The van der Waals surface area contributed by atoms with Gasteiger partial charge < -0.3 is 60.2 Å². The van der Waals surface area contributed by atoms with Gasteiger partial charge in [-0.05, 0) is 18.3 Å². The van der Waals surface area contributed by atoms with Crippen molar-refractivity contribution in [2.45, 2.75) is 77.2 Å². The second-order valence-electron chi connectivity index (χ2n) is 9.69.